The summed E-state index contributed by atoms with van der Waals surface area (Å²) in [4.78, 5) is 32.4. The molecule has 4 aromatic rings. The number of carbonyl (C=O) groups excluding carboxylic acids is 2. The number of Topliss-reactive ketones (excluding diaryl/α,β-unsaturated/α-hetero) is 1. The molecule has 3 heterocycles. The first-order valence-electron chi connectivity index (χ1n) is 10.3. The van der Waals surface area contributed by atoms with Crippen LogP contribution in [0, 0.1) is 13.8 Å². The third-order valence-electron chi connectivity index (χ3n) is 5.62. The van der Waals surface area contributed by atoms with E-state index in [1.807, 2.05) is 44.2 Å². The van der Waals surface area contributed by atoms with Crippen LogP contribution in [0.3, 0.4) is 0 Å². The quantitative estimate of drug-likeness (QED) is 0.257. The summed E-state index contributed by atoms with van der Waals surface area (Å²) >= 11 is 1.29. The second-order valence-corrected chi connectivity index (χ2v) is 8.82. The number of amides is 1. The average Bonchev–Trinajstić information content (AvgIpc) is 3.51. The normalized spacial score (nSPS) is 17.8. The molecule has 33 heavy (non-hydrogen) atoms. The van der Waals surface area contributed by atoms with Crippen LogP contribution >= 0.6 is 11.3 Å². The second-order valence-electron chi connectivity index (χ2n) is 7.81. The number of rotatable bonds is 4. The maximum Gasteiger partial charge on any atom is 0.302 e. The minimum absolute atomic E-state index is 0.0718. The van der Waals surface area contributed by atoms with Gasteiger partial charge in [-0.15, -0.1) is 0 Å². The highest BCUT2D eigenvalue weighted by molar-refractivity contribution is 7.22. The Morgan fingerprint density at radius 1 is 1.15 bits per heavy atom. The fourth-order valence-corrected chi connectivity index (χ4v) is 5.25. The number of carbonyl (C=O) groups is 2. The van der Waals surface area contributed by atoms with Crippen LogP contribution in [0.25, 0.3) is 16.0 Å². The number of aryl methyl sites for hydroxylation is 2. The summed E-state index contributed by atoms with van der Waals surface area (Å²) in [5.74, 6) is -1.13. The van der Waals surface area contributed by atoms with Gasteiger partial charge in [-0.2, -0.15) is 0 Å². The molecule has 0 radical (unpaired) electrons. The largest absolute Gasteiger partial charge is 0.507 e. The van der Waals surface area contributed by atoms with Crippen molar-refractivity contribution in [3.05, 3.63) is 82.8 Å². The van der Waals surface area contributed by atoms with Crippen molar-refractivity contribution >= 4 is 44.1 Å². The molecule has 1 atom stereocenters. The summed E-state index contributed by atoms with van der Waals surface area (Å²) in [6.45, 7) is 3.74. The first kappa shape index (κ1) is 21.0. The van der Waals surface area contributed by atoms with Crippen LogP contribution in [0.2, 0.25) is 0 Å². The first-order chi connectivity index (χ1) is 15.9. The van der Waals surface area contributed by atoms with Crippen molar-refractivity contribution in [1.82, 2.24) is 4.98 Å². The molecule has 166 valence electrons. The highest BCUT2D eigenvalue weighted by Crippen LogP contribution is 2.45. The zero-order chi connectivity index (χ0) is 23.3. The van der Waals surface area contributed by atoms with Gasteiger partial charge >= 0.3 is 5.91 Å². The number of aliphatic hydroxyl groups is 1. The van der Waals surface area contributed by atoms with Crippen molar-refractivity contribution in [3.8, 4) is 5.75 Å². The number of hydrogen-bond donors (Lipinski definition) is 1. The number of benzene rings is 2. The van der Waals surface area contributed by atoms with Gasteiger partial charge in [0.05, 0.1) is 34.7 Å². The van der Waals surface area contributed by atoms with E-state index < -0.39 is 17.7 Å². The number of aromatic nitrogens is 1. The number of fused-ring (bicyclic) bond motifs is 1. The van der Waals surface area contributed by atoms with Crippen LogP contribution < -0.4 is 9.64 Å². The molecule has 0 saturated carbocycles. The van der Waals surface area contributed by atoms with Crippen LogP contribution in [-0.2, 0) is 9.59 Å². The molecular weight excluding hydrogens is 440 g/mol. The van der Waals surface area contributed by atoms with E-state index in [4.69, 9.17) is 9.15 Å². The molecule has 0 aliphatic carbocycles. The van der Waals surface area contributed by atoms with E-state index in [2.05, 4.69) is 4.98 Å². The number of methoxy groups -OCH3 is 1. The summed E-state index contributed by atoms with van der Waals surface area (Å²) in [7, 11) is 1.50. The Bertz CT molecular complexity index is 1400. The van der Waals surface area contributed by atoms with E-state index in [1.54, 1.807) is 18.2 Å². The summed E-state index contributed by atoms with van der Waals surface area (Å²) in [6, 6.07) is 13.5. The van der Waals surface area contributed by atoms with E-state index >= 15 is 0 Å². The number of hydrogen-bond acceptors (Lipinski definition) is 7. The van der Waals surface area contributed by atoms with E-state index in [0.717, 1.165) is 15.8 Å². The van der Waals surface area contributed by atoms with Gasteiger partial charge < -0.3 is 14.3 Å². The van der Waals surface area contributed by atoms with E-state index in [-0.39, 0.29) is 11.3 Å². The Kier molecular flexibility index (Phi) is 5.02. The molecular formula is C25H20N2O5S. The van der Waals surface area contributed by atoms with E-state index in [1.165, 1.54) is 29.6 Å². The van der Waals surface area contributed by atoms with Gasteiger partial charge in [-0.05, 0) is 55.3 Å². The van der Waals surface area contributed by atoms with Gasteiger partial charge in [0.1, 0.15) is 23.3 Å². The molecule has 8 heteroatoms. The molecule has 1 aliphatic heterocycles. The SMILES string of the molecule is COc1c(C)cc(C)cc1/C(O)=C1\C(=O)C(=O)N(c2nc3ccccc3s2)C1c1ccco1. The van der Waals surface area contributed by atoms with Gasteiger partial charge in [0.2, 0.25) is 0 Å². The van der Waals surface area contributed by atoms with Crippen molar-refractivity contribution in [1.29, 1.82) is 0 Å². The number of ether oxygens (including phenoxy) is 1. The third-order valence-corrected chi connectivity index (χ3v) is 6.66. The smallest absolute Gasteiger partial charge is 0.302 e. The number of aliphatic hydroxyl groups excluding tert-OH is 1. The molecule has 5 rings (SSSR count). The summed E-state index contributed by atoms with van der Waals surface area (Å²) in [5.41, 5.74) is 2.67. The Balaban J connectivity index is 1.76. The van der Waals surface area contributed by atoms with Gasteiger partial charge in [0.15, 0.2) is 5.13 Å². The summed E-state index contributed by atoms with van der Waals surface area (Å²) in [5, 5.41) is 11.7. The standard InChI is InChI=1S/C25H20N2O5S/c1-13-11-14(2)23(31-3)15(12-13)21(28)19-20(17-8-6-10-32-17)27(24(30)22(19)29)25-26-16-7-4-5-9-18(16)33-25/h4-12,20,28H,1-3H3/b21-19+. The van der Waals surface area contributed by atoms with Crippen molar-refractivity contribution in [2.24, 2.45) is 0 Å². The molecule has 1 unspecified atom stereocenters. The van der Waals surface area contributed by atoms with Gasteiger partial charge in [0, 0.05) is 0 Å². The lowest BCUT2D eigenvalue weighted by Gasteiger charge is -2.21. The number of thiazole rings is 1. The van der Waals surface area contributed by atoms with Crippen LogP contribution in [0.1, 0.15) is 28.5 Å². The van der Waals surface area contributed by atoms with E-state index in [0.29, 0.717) is 27.7 Å². The fourth-order valence-electron chi connectivity index (χ4n) is 4.26. The Hall–Kier alpha value is -3.91. The fraction of sp³-hybridized carbons (Fsp3) is 0.160. The van der Waals surface area contributed by atoms with Crippen LogP contribution in [0.5, 0.6) is 5.75 Å². The molecule has 1 aliphatic rings. The maximum absolute atomic E-state index is 13.3. The number of para-hydroxylation sites is 1. The van der Waals surface area contributed by atoms with Gasteiger partial charge in [-0.3, -0.25) is 14.5 Å². The Morgan fingerprint density at radius 3 is 2.64 bits per heavy atom. The second kappa shape index (κ2) is 7.90. The van der Waals surface area contributed by atoms with Crippen LogP contribution in [0.15, 0.2) is 64.8 Å². The molecule has 1 fully saturated rings. The summed E-state index contributed by atoms with van der Waals surface area (Å²) in [6.07, 6.45) is 1.46. The highest BCUT2D eigenvalue weighted by Gasteiger charge is 2.49. The molecule has 7 nitrogen and oxygen atoms in total. The predicted molar refractivity (Wildman–Crippen MR) is 126 cm³/mol. The molecule has 1 amide bonds. The Labute approximate surface area is 193 Å². The molecule has 0 bridgehead atoms. The maximum atomic E-state index is 13.3. The monoisotopic (exact) mass is 460 g/mol. The van der Waals surface area contributed by atoms with Crippen LogP contribution in [-0.4, -0.2) is 28.9 Å². The molecule has 2 aromatic carbocycles. The predicted octanol–water partition coefficient (Wildman–Crippen LogP) is 5.14. The number of furan rings is 1. The molecule has 1 saturated heterocycles. The topological polar surface area (TPSA) is 92.9 Å². The zero-order valence-corrected chi connectivity index (χ0v) is 19.0. The minimum atomic E-state index is -0.967. The lowest BCUT2D eigenvalue weighted by atomic mass is 9.96. The van der Waals surface area contributed by atoms with E-state index in [9.17, 15) is 14.7 Å². The van der Waals surface area contributed by atoms with Crippen molar-refractivity contribution in [2.45, 2.75) is 19.9 Å². The van der Waals surface area contributed by atoms with Gasteiger partial charge in [-0.1, -0.05) is 29.5 Å². The van der Waals surface area contributed by atoms with Crippen LogP contribution in [0.4, 0.5) is 5.13 Å². The zero-order valence-electron chi connectivity index (χ0n) is 18.2. The van der Waals surface area contributed by atoms with Crippen molar-refractivity contribution in [2.75, 3.05) is 12.0 Å². The van der Waals surface area contributed by atoms with Crippen molar-refractivity contribution < 1.29 is 23.8 Å². The number of nitrogens with zero attached hydrogens (tertiary/aromatic N) is 2. The van der Waals surface area contributed by atoms with Gasteiger partial charge in [-0.25, -0.2) is 4.98 Å². The number of ketones is 1. The highest BCUT2D eigenvalue weighted by atomic mass is 32.1. The lowest BCUT2D eigenvalue weighted by Crippen LogP contribution is -2.29. The summed E-state index contributed by atoms with van der Waals surface area (Å²) < 4.78 is 12.0. The minimum Gasteiger partial charge on any atom is -0.507 e. The Morgan fingerprint density at radius 2 is 1.94 bits per heavy atom. The average molecular weight is 461 g/mol. The number of anilines is 1. The van der Waals surface area contributed by atoms with Crippen molar-refractivity contribution in [3.63, 3.8) is 0 Å². The first-order valence-corrected chi connectivity index (χ1v) is 11.1. The molecule has 0 spiro atoms. The van der Waals surface area contributed by atoms with Gasteiger partial charge in [0.25, 0.3) is 5.78 Å². The lowest BCUT2D eigenvalue weighted by molar-refractivity contribution is -0.132. The third kappa shape index (κ3) is 3.30. The molecule has 2 aromatic heterocycles. The molecule has 1 N–H and O–H groups in total.